The highest BCUT2D eigenvalue weighted by atomic mass is 19.4. The number of pyridine rings is 1. The Bertz CT molecular complexity index is 691. The molecule has 5 N–H and O–H groups in total. The Morgan fingerprint density at radius 2 is 1.83 bits per heavy atom. The Balaban J connectivity index is 0.000000648. The maximum absolute atomic E-state index is 12.9. The molecule has 1 amide bonds. The fraction of sp³-hybridized carbons (Fsp3) is 0.133. The fourth-order valence-corrected chi connectivity index (χ4v) is 1.78. The molecule has 0 saturated carbocycles. The fourth-order valence-electron chi connectivity index (χ4n) is 1.78. The van der Waals surface area contributed by atoms with E-state index in [2.05, 4.69) is 10.8 Å². The van der Waals surface area contributed by atoms with Crippen LogP contribution in [0.4, 0.5) is 18.9 Å². The topological polar surface area (TPSA) is 111 Å². The molecule has 0 spiro atoms. The van der Waals surface area contributed by atoms with Gasteiger partial charge in [0, 0.05) is 6.42 Å². The first-order valence-corrected chi connectivity index (χ1v) is 6.59. The number of nitrogens with zero attached hydrogens (tertiary/aromatic N) is 1. The van der Waals surface area contributed by atoms with Gasteiger partial charge in [-0.1, -0.05) is 30.3 Å². The van der Waals surface area contributed by atoms with Gasteiger partial charge in [0.2, 0.25) is 6.41 Å². The number of nitrogen functional groups attached to an aromatic ring is 1. The van der Waals surface area contributed by atoms with Gasteiger partial charge in [0.25, 0.3) is 0 Å². The van der Waals surface area contributed by atoms with Crippen molar-refractivity contribution in [2.45, 2.75) is 12.6 Å². The third-order valence-electron chi connectivity index (χ3n) is 2.75. The van der Waals surface area contributed by atoms with Crippen LogP contribution in [0.25, 0.3) is 0 Å². The summed E-state index contributed by atoms with van der Waals surface area (Å²) >= 11 is 0. The summed E-state index contributed by atoms with van der Waals surface area (Å²) in [6, 6.07) is 9.25. The summed E-state index contributed by atoms with van der Waals surface area (Å²) in [4.78, 5) is 24.5. The molecule has 24 heavy (non-hydrogen) atoms. The van der Waals surface area contributed by atoms with E-state index in [1.165, 1.54) is 0 Å². The van der Waals surface area contributed by atoms with E-state index in [0.29, 0.717) is 12.0 Å². The number of ketones is 1. The predicted octanol–water partition coefficient (Wildman–Crippen LogP) is 1.71. The minimum atomic E-state index is -4.66. The third-order valence-corrected chi connectivity index (χ3v) is 2.75. The summed E-state index contributed by atoms with van der Waals surface area (Å²) in [5, 5.41) is 0. The molecule has 1 aromatic carbocycles. The number of aromatic nitrogens is 1. The van der Waals surface area contributed by atoms with Crippen LogP contribution < -0.4 is 17.0 Å². The van der Waals surface area contributed by atoms with Crippen molar-refractivity contribution in [2.24, 2.45) is 5.84 Å². The second kappa shape index (κ2) is 8.63. The molecule has 0 aliphatic rings. The number of hydrazine groups is 1. The van der Waals surface area contributed by atoms with Gasteiger partial charge < -0.3 is 5.73 Å². The Labute approximate surface area is 135 Å². The minimum absolute atomic E-state index is 0.131. The van der Waals surface area contributed by atoms with Gasteiger partial charge in [-0.25, -0.2) is 5.84 Å². The van der Waals surface area contributed by atoms with E-state index >= 15 is 0 Å². The molecular formula is C15H15F3N4O2. The van der Waals surface area contributed by atoms with E-state index in [-0.39, 0.29) is 12.1 Å². The van der Waals surface area contributed by atoms with Crippen molar-refractivity contribution in [3.05, 3.63) is 59.4 Å². The number of nitrogens with two attached hydrogens (primary N) is 2. The number of nitrogens with one attached hydrogen (secondary N) is 1. The van der Waals surface area contributed by atoms with Gasteiger partial charge in [-0.05, 0) is 11.6 Å². The molecular weight excluding hydrogens is 325 g/mol. The van der Waals surface area contributed by atoms with Crippen molar-refractivity contribution < 1.29 is 22.8 Å². The van der Waals surface area contributed by atoms with Crippen molar-refractivity contribution in [1.82, 2.24) is 10.4 Å². The summed E-state index contributed by atoms with van der Waals surface area (Å²) in [6.45, 7) is 0. The van der Waals surface area contributed by atoms with Crippen molar-refractivity contribution in [1.29, 1.82) is 0 Å². The number of halogens is 3. The van der Waals surface area contributed by atoms with Gasteiger partial charge >= 0.3 is 6.18 Å². The van der Waals surface area contributed by atoms with Crippen LogP contribution in [0, 0.1) is 0 Å². The lowest BCUT2D eigenvalue weighted by Gasteiger charge is -2.11. The molecule has 0 atom stereocenters. The van der Waals surface area contributed by atoms with E-state index in [4.69, 9.17) is 10.5 Å². The molecule has 6 nitrogen and oxygen atoms in total. The zero-order valence-corrected chi connectivity index (χ0v) is 12.4. The average molecular weight is 340 g/mol. The van der Waals surface area contributed by atoms with Crippen LogP contribution in [0.5, 0.6) is 0 Å². The first kappa shape index (κ1) is 19.1. The lowest BCUT2D eigenvalue weighted by Crippen LogP contribution is -2.18. The first-order valence-electron chi connectivity index (χ1n) is 6.59. The Morgan fingerprint density at radius 1 is 1.25 bits per heavy atom. The number of amides is 1. The Morgan fingerprint density at radius 3 is 2.33 bits per heavy atom. The van der Waals surface area contributed by atoms with Crippen LogP contribution in [-0.4, -0.2) is 17.2 Å². The van der Waals surface area contributed by atoms with Crippen LogP contribution in [0.2, 0.25) is 0 Å². The highest BCUT2D eigenvalue weighted by Crippen LogP contribution is 2.32. The molecule has 1 aromatic heterocycles. The zero-order valence-electron chi connectivity index (χ0n) is 12.4. The van der Waals surface area contributed by atoms with E-state index in [1.807, 2.05) is 0 Å². The molecule has 0 aliphatic carbocycles. The summed E-state index contributed by atoms with van der Waals surface area (Å²) in [7, 11) is 0. The smallest absolute Gasteiger partial charge is 0.397 e. The number of hydrogen-bond acceptors (Lipinski definition) is 5. The van der Waals surface area contributed by atoms with Crippen LogP contribution >= 0.6 is 0 Å². The summed E-state index contributed by atoms with van der Waals surface area (Å²) in [5.41, 5.74) is 5.85. The van der Waals surface area contributed by atoms with Gasteiger partial charge in [-0.15, -0.1) is 0 Å². The number of anilines is 1. The molecule has 0 unspecified atom stereocenters. The summed E-state index contributed by atoms with van der Waals surface area (Å²) < 4.78 is 38.6. The highest BCUT2D eigenvalue weighted by Gasteiger charge is 2.36. The maximum Gasteiger partial charge on any atom is 0.418 e. The van der Waals surface area contributed by atoms with Gasteiger partial charge in [0.1, 0.15) is 5.69 Å². The maximum atomic E-state index is 12.9. The van der Waals surface area contributed by atoms with Gasteiger partial charge in [0.15, 0.2) is 5.78 Å². The summed E-state index contributed by atoms with van der Waals surface area (Å²) in [6.07, 6.45) is -3.35. The van der Waals surface area contributed by atoms with Gasteiger partial charge in [0.05, 0.1) is 17.4 Å². The van der Waals surface area contributed by atoms with E-state index in [9.17, 15) is 18.0 Å². The first-order chi connectivity index (χ1) is 11.3. The standard InChI is InChI=1S/C14H11F3N2O.CH4N2O/c15-14(16,17)11-7-10(18)8-19-13(11)12(20)6-9-4-2-1-3-5-9;2-3-1-4/h1-5,7-8H,6,18H2;1H,2H2,(H,3,4). The number of alkyl halides is 3. The molecule has 9 heteroatoms. The lowest BCUT2D eigenvalue weighted by atomic mass is 10.0. The van der Waals surface area contributed by atoms with Crippen LogP contribution in [0.15, 0.2) is 42.6 Å². The quantitative estimate of drug-likeness (QED) is 0.258. The number of rotatable bonds is 4. The largest absolute Gasteiger partial charge is 0.418 e. The predicted molar refractivity (Wildman–Crippen MR) is 81.5 cm³/mol. The number of carbonyl (C=O) groups is 2. The molecule has 0 fully saturated rings. The number of Topliss-reactive ketones (excluding diaryl/α,β-unsaturated/α-hetero) is 1. The van der Waals surface area contributed by atoms with Crippen LogP contribution in [0.1, 0.15) is 21.6 Å². The highest BCUT2D eigenvalue weighted by molar-refractivity contribution is 5.97. The number of carbonyl (C=O) groups excluding carboxylic acids is 2. The van der Waals surface area contributed by atoms with E-state index < -0.39 is 23.2 Å². The molecule has 0 aliphatic heterocycles. The van der Waals surface area contributed by atoms with Crippen molar-refractivity contribution >= 4 is 17.9 Å². The van der Waals surface area contributed by atoms with Gasteiger partial charge in [-0.3, -0.25) is 20.0 Å². The summed E-state index contributed by atoms with van der Waals surface area (Å²) in [5.74, 6) is 3.72. The molecule has 0 radical (unpaired) electrons. The van der Waals surface area contributed by atoms with E-state index in [1.54, 1.807) is 35.8 Å². The zero-order chi connectivity index (χ0) is 18.2. The number of hydrogen-bond donors (Lipinski definition) is 3. The Hall–Kier alpha value is -2.94. The molecule has 0 bridgehead atoms. The normalized spacial score (nSPS) is 10.3. The third kappa shape index (κ3) is 5.69. The Kier molecular flexibility index (Phi) is 6.87. The minimum Gasteiger partial charge on any atom is -0.397 e. The SMILES string of the molecule is NNC=O.Nc1cnc(C(=O)Cc2ccccc2)c(C(F)(F)F)c1. The van der Waals surface area contributed by atoms with E-state index in [0.717, 1.165) is 12.3 Å². The van der Waals surface area contributed by atoms with Crippen LogP contribution in [-0.2, 0) is 17.4 Å². The molecule has 1 heterocycles. The molecule has 2 rings (SSSR count). The second-order valence-corrected chi connectivity index (χ2v) is 4.53. The van der Waals surface area contributed by atoms with Crippen molar-refractivity contribution in [2.75, 3.05) is 5.73 Å². The second-order valence-electron chi connectivity index (χ2n) is 4.53. The van der Waals surface area contributed by atoms with Crippen molar-refractivity contribution in [3.8, 4) is 0 Å². The molecule has 128 valence electrons. The monoisotopic (exact) mass is 340 g/mol. The molecule has 0 saturated heterocycles. The average Bonchev–Trinajstić information content (AvgIpc) is 2.55. The molecule has 2 aromatic rings. The van der Waals surface area contributed by atoms with Crippen LogP contribution in [0.3, 0.4) is 0 Å². The van der Waals surface area contributed by atoms with Crippen molar-refractivity contribution in [3.63, 3.8) is 0 Å². The van der Waals surface area contributed by atoms with Gasteiger partial charge in [-0.2, -0.15) is 13.2 Å². The lowest BCUT2D eigenvalue weighted by molar-refractivity contribution is -0.138. The number of benzene rings is 1.